The first kappa shape index (κ1) is 13.8. The van der Waals surface area contributed by atoms with Crippen molar-refractivity contribution in [1.82, 2.24) is 4.57 Å². The summed E-state index contributed by atoms with van der Waals surface area (Å²) in [5, 5.41) is 2.07. The molecule has 0 amide bonds. The molecule has 0 saturated heterocycles. The first-order valence-corrected chi connectivity index (χ1v) is 7.06. The largest absolute Gasteiger partial charge is 0.323 e. The number of rotatable bonds is 3. The van der Waals surface area contributed by atoms with Gasteiger partial charge in [-0.15, -0.1) is 0 Å². The smallest absolute Gasteiger partial charge is 0.137 e. The van der Waals surface area contributed by atoms with Crippen LogP contribution in [0.4, 0.5) is 0 Å². The molecule has 2 rings (SSSR count). The number of nitrogens with zero attached hydrogens (tertiary/aromatic N) is 3. The topological polar surface area (TPSA) is 29.6 Å². The Kier molecular flexibility index (Phi) is 4.35. The third-order valence-electron chi connectivity index (χ3n) is 3.94. The Morgan fingerprint density at radius 3 is 2.79 bits per heavy atom. The molecule has 1 aliphatic rings. The van der Waals surface area contributed by atoms with Gasteiger partial charge in [0.15, 0.2) is 0 Å². The van der Waals surface area contributed by atoms with E-state index < -0.39 is 0 Å². The molecule has 1 aromatic rings. The maximum Gasteiger partial charge on any atom is 0.137 e. The zero-order chi connectivity index (χ0) is 13.8. The molecule has 0 bridgehead atoms. The molecule has 0 aliphatic heterocycles. The number of pyridine rings is 1. The van der Waals surface area contributed by atoms with Crippen LogP contribution in [0.15, 0.2) is 22.1 Å². The van der Waals surface area contributed by atoms with E-state index in [9.17, 15) is 0 Å². The lowest BCUT2D eigenvalue weighted by Crippen LogP contribution is -2.45. The zero-order valence-electron chi connectivity index (χ0n) is 12.0. The van der Waals surface area contributed by atoms with Crippen LogP contribution in [0.5, 0.6) is 0 Å². The van der Waals surface area contributed by atoms with Gasteiger partial charge in [-0.05, 0) is 44.5 Å². The normalized spacial score (nSPS) is 24.9. The molecule has 3 heteroatoms. The summed E-state index contributed by atoms with van der Waals surface area (Å²) in [6, 6.07) is 4.59. The Balaban J connectivity index is 2.75. The van der Waals surface area contributed by atoms with E-state index in [0.717, 1.165) is 22.6 Å². The molecule has 19 heavy (non-hydrogen) atoms. The summed E-state index contributed by atoms with van der Waals surface area (Å²) in [6.45, 7) is 12.9. The van der Waals surface area contributed by atoms with Gasteiger partial charge in [0.1, 0.15) is 5.49 Å². The Bertz CT molecular complexity index is 624. The molecule has 1 aliphatic carbocycles. The summed E-state index contributed by atoms with van der Waals surface area (Å²) in [5.74, 6) is 0.684. The van der Waals surface area contributed by atoms with Gasteiger partial charge in [-0.3, -0.25) is 9.98 Å². The third kappa shape index (κ3) is 2.70. The van der Waals surface area contributed by atoms with Gasteiger partial charge in [0, 0.05) is 29.4 Å². The molecule has 0 aromatic carbocycles. The summed E-state index contributed by atoms with van der Waals surface area (Å²) < 4.78 is 2.30. The van der Waals surface area contributed by atoms with E-state index in [1.807, 2.05) is 6.07 Å². The van der Waals surface area contributed by atoms with E-state index in [4.69, 9.17) is 0 Å². The lowest BCUT2D eigenvalue weighted by atomic mass is 10.1. The minimum absolute atomic E-state index is 0.510. The van der Waals surface area contributed by atoms with Crippen LogP contribution >= 0.6 is 0 Å². The SMILES string of the molecule is C=N/C=c1/ccc(=C)n(C2CCCC2C)c1=NCC. The fourth-order valence-corrected chi connectivity index (χ4v) is 3.01. The van der Waals surface area contributed by atoms with Gasteiger partial charge in [0.05, 0.1) is 0 Å². The number of hydrogen-bond acceptors (Lipinski definition) is 2. The van der Waals surface area contributed by atoms with E-state index in [1.165, 1.54) is 19.3 Å². The Morgan fingerprint density at radius 1 is 1.42 bits per heavy atom. The van der Waals surface area contributed by atoms with Crippen molar-refractivity contribution in [3.63, 3.8) is 0 Å². The van der Waals surface area contributed by atoms with Gasteiger partial charge in [-0.2, -0.15) is 0 Å². The zero-order valence-corrected chi connectivity index (χ0v) is 12.0. The summed E-state index contributed by atoms with van der Waals surface area (Å²) in [5.41, 5.74) is 1.00. The van der Waals surface area contributed by atoms with Gasteiger partial charge in [-0.1, -0.05) is 19.9 Å². The number of aliphatic imine (C=N–C) groups is 1. The van der Waals surface area contributed by atoms with Gasteiger partial charge in [0.25, 0.3) is 0 Å². The molecule has 0 radical (unpaired) electrons. The molecule has 102 valence electrons. The van der Waals surface area contributed by atoms with Crippen molar-refractivity contribution >= 4 is 19.5 Å². The fraction of sp³-hybridized carbons (Fsp3) is 0.500. The molecule has 1 saturated carbocycles. The average Bonchev–Trinajstić information content (AvgIpc) is 2.80. The van der Waals surface area contributed by atoms with Crippen LogP contribution in [-0.4, -0.2) is 17.8 Å². The van der Waals surface area contributed by atoms with Crippen molar-refractivity contribution in [2.24, 2.45) is 15.9 Å². The molecule has 2 atom stereocenters. The van der Waals surface area contributed by atoms with Crippen LogP contribution in [0.25, 0.3) is 12.8 Å². The van der Waals surface area contributed by atoms with Crippen molar-refractivity contribution in [3.8, 4) is 0 Å². The molecule has 2 unspecified atom stereocenters. The number of hydrogen-bond donors (Lipinski definition) is 0. The second-order valence-corrected chi connectivity index (χ2v) is 5.24. The molecule has 0 spiro atoms. The van der Waals surface area contributed by atoms with Crippen molar-refractivity contribution in [1.29, 1.82) is 0 Å². The highest BCUT2D eigenvalue weighted by atomic mass is 15.1. The third-order valence-corrected chi connectivity index (χ3v) is 3.94. The highest BCUT2D eigenvalue weighted by molar-refractivity contribution is 5.36. The van der Waals surface area contributed by atoms with Crippen molar-refractivity contribution in [2.45, 2.75) is 39.2 Å². The molecule has 1 fully saturated rings. The Labute approximate surface area is 114 Å². The highest BCUT2D eigenvalue weighted by Gasteiger charge is 2.25. The minimum Gasteiger partial charge on any atom is -0.323 e. The summed E-state index contributed by atoms with van der Waals surface area (Å²) >= 11 is 0. The van der Waals surface area contributed by atoms with Crippen molar-refractivity contribution < 1.29 is 0 Å². The average molecular weight is 257 g/mol. The van der Waals surface area contributed by atoms with Gasteiger partial charge in [0.2, 0.25) is 0 Å². The maximum atomic E-state index is 4.67. The van der Waals surface area contributed by atoms with E-state index in [2.05, 4.69) is 47.8 Å². The first-order chi connectivity index (χ1) is 9.19. The van der Waals surface area contributed by atoms with Crippen LogP contribution in [0.1, 0.15) is 39.2 Å². The maximum absolute atomic E-state index is 4.67. The molecule has 0 N–H and O–H groups in total. The van der Waals surface area contributed by atoms with Crippen LogP contribution in [0.3, 0.4) is 0 Å². The van der Waals surface area contributed by atoms with Crippen LogP contribution in [0.2, 0.25) is 0 Å². The monoisotopic (exact) mass is 257 g/mol. The minimum atomic E-state index is 0.510. The lowest BCUT2D eigenvalue weighted by Gasteiger charge is -2.21. The number of aromatic nitrogens is 1. The standard InChI is InChI=1S/C16H23N3/c1-5-18-16-14(11-17-4)10-9-13(3)19(16)15-8-6-7-12(15)2/h9-12,15H,3-8H2,1-2H3/b14-11-,18-16?. The molecule has 3 nitrogen and oxygen atoms in total. The van der Waals surface area contributed by atoms with Crippen LogP contribution in [-0.2, 0) is 0 Å². The van der Waals surface area contributed by atoms with Gasteiger partial charge in [-0.25, -0.2) is 0 Å². The van der Waals surface area contributed by atoms with Crippen LogP contribution in [0, 0.1) is 5.92 Å². The predicted molar refractivity (Wildman–Crippen MR) is 81.4 cm³/mol. The molecule has 1 aromatic heterocycles. The predicted octanol–water partition coefficient (Wildman–Crippen LogP) is 1.62. The summed E-state index contributed by atoms with van der Waals surface area (Å²) in [4.78, 5) is 8.57. The van der Waals surface area contributed by atoms with Crippen LogP contribution < -0.4 is 16.1 Å². The summed E-state index contributed by atoms with van der Waals surface area (Å²) in [6.07, 6.45) is 5.57. The van der Waals surface area contributed by atoms with E-state index in [-0.39, 0.29) is 0 Å². The molecular weight excluding hydrogens is 234 g/mol. The highest BCUT2D eigenvalue weighted by Crippen LogP contribution is 2.33. The van der Waals surface area contributed by atoms with E-state index in [1.54, 1.807) is 6.20 Å². The van der Waals surface area contributed by atoms with E-state index in [0.29, 0.717) is 12.0 Å². The fourth-order valence-electron chi connectivity index (χ4n) is 3.01. The van der Waals surface area contributed by atoms with Crippen molar-refractivity contribution in [3.05, 3.63) is 28.2 Å². The Morgan fingerprint density at radius 2 is 2.21 bits per heavy atom. The quantitative estimate of drug-likeness (QED) is 0.737. The first-order valence-electron chi connectivity index (χ1n) is 7.06. The van der Waals surface area contributed by atoms with Crippen molar-refractivity contribution in [2.75, 3.05) is 6.54 Å². The van der Waals surface area contributed by atoms with Gasteiger partial charge < -0.3 is 4.57 Å². The summed E-state index contributed by atoms with van der Waals surface area (Å²) in [7, 11) is 0. The molecule has 1 heterocycles. The van der Waals surface area contributed by atoms with E-state index >= 15 is 0 Å². The molecular formula is C16H23N3. The second kappa shape index (κ2) is 6.00. The Hall–Kier alpha value is -1.64. The lowest BCUT2D eigenvalue weighted by molar-refractivity contribution is 0.385. The second-order valence-electron chi connectivity index (χ2n) is 5.24. The van der Waals surface area contributed by atoms with Gasteiger partial charge >= 0.3 is 0 Å².